The molecule has 2 aromatic rings. The Morgan fingerprint density at radius 1 is 1.42 bits per heavy atom. The fraction of sp³-hybridized carbons (Fsp3) is 0.182. The first-order valence-electron chi connectivity index (χ1n) is 5.02. The number of furan rings is 1. The summed E-state index contributed by atoms with van der Waals surface area (Å²) in [4.78, 5) is 17.7. The summed E-state index contributed by atoms with van der Waals surface area (Å²) in [5, 5.41) is 8.71. The number of aromatic carboxylic acids is 1. The van der Waals surface area contributed by atoms with E-state index in [0.29, 0.717) is 12.0 Å². The van der Waals surface area contributed by atoms with Gasteiger partial charge in [-0.3, -0.25) is 0 Å². The zero-order valence-electron chi connectivity index (χ0n) is 9.52. The van der Waals surface area contributed by atoms with Crippen molar-refractivity contribution in [3.8, 4) is 11.4 Å². The molecule has 1 N–H and O–H groups in total. The van der Waals surface area contributed by atoms with E-state index in [1.54, 1.807) is 0 Å². The van der Waals surface area contributed by atoms with Gasteiger partial charge in [-0.05, 0) is 13.0 Å². The third-order valence-corrected chi connectivity index (χ3v) is 2.39. The van der Waals surface area contributed by atoms with E-state index >= 15 is 0 Å². The van der Waals surface area contributed by atoms with Crippen LogP contribution in [-0.2, 0) is 6.18 Å². The molecule has 0 aliphatic heterocycles. The van der Waals surface area contributed by atoms with E-state index in [4.69, 9.17) is 9.52 Å². The molecular weight excluding hydrogens is 265 g/mol. The summed E-state index contributed by atoms with van der Waals surface area (Å²) < 4.78 is 43.2. The largest absolute Gasteiger partial charge is 0.478 e. The molecule has 0 atom stereocenters. The summed E-state index contributed by atoms with van der Waals surface area (Å²) in [6, 6.07) is 1.41. The van der Waals surface area contributed by atoms with Gasteiger partial charge in [0.05, 0.1) is 11.8 Å². The second-order valence-electron chi connectivity index (χ2n) is 3.65. The van der Waals surface area contributed by atoms with Crippen LogP contribution in [0, 0.1) is 6.92 Å². The van der Waals surface area contributed by atoms with E-state index in [1.165, 1.54) is 19.3 Å². The maximum atomic E-state index is 12.8. The summed E-state index contributed by atoms with van der Waals surface area (Å²) in [5.41, 5.74) is -2.19. The molecule has 0 saturated heterocycles. The number of alkyl halides is 3. The molecule has 2 aromatic heterocycles. The molecule has 0 saturated carbocycles. The maximum Gasteiger partial charge on any atom is 0.434 e. The van der Waals surface area contributed by atoms with Crippen molar-refractivity contribution in [1.29, 1.82) is 0 Å². The highest BCUT2D eigenvalue weighted by Gasteiger charge is 2.38. The molecule has 2 rings (SSSR count). The van der Waals surface area contributed by atoms with Crippen molar-refractivity contribution >= 4 is 5.97 Å². The highest BCUT2D eigenvalue weighted by atomic mass is 19.4. The molecule has 0 amide bonds. The van der Waals surface area contributed by atoms with Crippen LogP contribution < -0.4 is 0 Å². The predicted molar refractivity (Wildman–Crippen MR) is 56.4 cm³/mol. The first-order chi connectivity index (χ1) is 8.80. The van der Waals surface area contributed by atoms with E-state index in [9.17, 15) is 18.0 Å². The van der Waals surface area contributed by atoms with Gasteiger partial charge in [0.15, 0.2) is 11.5 Å². The van der Waals surface area contributed by atoms with Crippen LogP contribution in [0.4, 0.5) is 13.2 Å². The lowest BCUT2D eigenvalue weighted by Crippen LogP contribution is -2.16. The zero-order chi connectivity index (χ0) is 14.2. The number of aromatic nitrogens is 2. The number of halogens is 3. The maximum absolute atomic E-state index is 12.8. The number of hydrogen-bond acceptors (Lipinski definition) is 4. The predicted octanol–water partition coefficient (Wildman–Crippen LogP) is 2.76. The van der Waals surface area contributed by atoms with Gasteiger partial charge >= 0.3 is 12.1 Å². The van der Waals surface area contributed by atoms with E-state index in [-0.39, 0.29) is 11.4 Å². The fourth-order valence-corrected chi connectivity index (χ4v) is 1.50. The van der Waals surface area contributed by atoms with Crippen molar-refractivity contribution in [1.82, 2.24) is 9.97 Å². The average molecular weight is 272 g/mol. The third kappa shape index (κ3) is 2.42. The van der Waals surface area contributed by atoms with Crippen LogP contribution in [0.2, 0.25) is 0 Å². The van der Waals surface area contributed by atoms with Gasteiger partial charge in [-0.1, -0.05) is 0 Å². The number of carboxylic acid groups (broad SMARTS) is 1. The fourth-order valence-electron chi connectivity index (χ4n) is 1.50. The minimum atomic E-state index is -4.87. The van der Waals surface area contributed by atoms with Crippen molar-refractivity contribution in [3.05, 3.63) is 35.5 Å². The molecule has 2 heterocycles. The number of hydrogen-bond donors (Lipinski definition) is 1. The first-order valence-corrected chi connectivity index (χ1v) is 5.02. The quantitative estimate of drug-likeness (QED) is 0.909. The number of rotatable bonds is 2. The van der Waals surface area contributed by atoms with Crippen molar-refractivity contribution in [3.63, 3.8) is 0 Å². The minimum absolute atomic E-state index is 0.233. The van der Waals surface area contributed by atoms with Crippen LogP contribution in [-0.4, -0.2) is 21.0 Å². The molecule has 0 unspecified atom stereocenters. The first kappa shape index (κ1) is 13.1. The monoisotopic (exact) mass is 272 g/mol. The van der Waals surface area contributed by atoms with Crippen LogP contribution in [0.5, 0.6) is 0 Å². The van der Waals surface area contributed by atoms with Crippen LogP contribution >= 0.6 is 0 Å². The van der Waals surface area contributed by atoms with E-state index in [0.717, 1.165) is 0 Å². The summed E-state index contributed by atoms with van der Waals surface area (Å²) in [6.45, 7) is 1.54. The van der Waals surface area contributed by atoms with Crippen molar-refractivity contribution in [2.45, 2.75) is 13.1 Å². The molecule has 0 radical (unpaired) electrons. The van der Waals surface area contributed by atoms with Crippen LogP contribution in [0.1, 0.15) is 21.8 Å². The molecular formula is C11H7F3N2O3. The van der Waals surface area contributed by atoms with Gasteiger partial charge in [-0.2, -0.15) is 13.2 Å². The highest BCUT2D eigenvalue weighted by molar-refractivity contribution is 5.89. The van der Waals surface area contributed by atoms with E-state index in [2.05, 4.69) is 9.97 Å². The van der Waals surface area contributed by atoms with Crippen molar-refractivity contribution in [2.24, 2.45) is 0 Å². The smallest absolute Gasteiger partial charge is 0.434 e. The lowest BCUT2D eigenvalue weighted by molar-refractivity contribution is -0.141. The molecule has 0 aromatic carbocycles. The Balaban J connectivity index is 2.63. The van der Waals surface area contributed by atoms with Gasteiger partial charge < -0.3 is 9.52 Å². The number of carbonyl (C=O) groups is 1. The Labute approximate surface area is 104 Å². The zero-order valence-corrected chi connectivity index (χ0v) is 9.52. The average Bonchev–Trinajstić information content (AvgIpc) is 2.73. The van der Waals surface area contributed by atoms with Crippen LogP contribution in [0.3, 0.4) is 0 Å². The second-order valence-corrected chi connectivity index (χ2v) is 3.65. The third-order valence-electron chi connectivity index (χ3n) is 2.39. The van der Waals surface area contributed by atoms with E-state index in [1.807, 2.05) is 0 Å². The SMILES string of the molecule is Cc1occc1-c1ncc(C(=O)O)c(C(F)(F)F)n1. The Morgan fingerprint density at radius 2 is 2.11 bits per heavy atom. The van der Waals surface area contributed by atoms with Gasteiger partial charge in [-0.15, -0.1) is 0 Å². The van der Waals surface area contributed by atoms with Gasteiger partial charge in [0, 0.05) is 6.20 Å². The van der Waals surface area contributed by atoms with Crippen LogP contribution in [0.15, 0.2) is 22.9 Å². The highest BCUT2D eigenvalue weighted by Crippen LogP contribution is 2.32. The van der Waals surface area contributed by atoms with Gasteiger partial charge in [0.2, 0.25) is 0 Å². The molecule has 0 bridgehead atoms. The molecule has 100 valence electrons. The Morgan fingerprint density at radius 3 is 2.58 bits per heavy atom. The van der Waals surface area contributed by atoms with E-state index < -0.39 is 23.4 Å². The lowest BCUT2D eigenvalue weighted by Gasteiger charge is -2.09. The summed E-state index contributed by atoms with van der Waals surface area (Å²) in [7, 11) is 0. The minimum Gasteiger partial charge on any atom is -0.478 e. The van der Waals surface area contributed by atoms with Crippen molar-refractivity contribution in [2.75, 3.05) is 0 Å². The van der Waals surface area contributed by atoms with Gasteiger partial charge in [0.25, 0.3) is 0 Å². The molecule has 0 aliphatic rings. The molecule has 0 fully saturated rings. The molecule has 0 spiro atoms. The summed E-state index contributed by atoms with van der Waals surface area (Å²) in [5.74, 6) is -1.62. The Bertz CT molecular complexity index is 634. The number of aryl methyl sites for hydroxylation is 1. The van der Waals surface area contributed by atoms with Crippen molar-refractivity contribution < 1.29 is 27.5 Å². The second kappa shape index (κ2) is 4.38. The molecule has 8 heteroatoms. The van der Waals surface area contributed by atoms with Gasteiger partial charge in [0.1, 0.15) is 11.3 Å². The lowest BCUT2D eigenvalue weighted by atomic mass is 10.2. The Hall–Kier alpha value is -2.38. The Kier molecular flexibility index (Phi) is 3.01. The number of carboxylic acids is 1. The number of nitrogens with zero attached hydrogens (tertiary/aromatic N) is 2. The summed E-state index contributed by atoms with van der Waals surface area (Å²) in [6.07, 6.45) is -2.95. The van der Waals surface area contributed by atoms with Gasteiger partial charge in [-0.25, -0.2) is 14.8 Å². The standard InChI is InChI=1S/C11H7F3N2O3/c1-5-6(2-3-19-5)9-15-4-7(10(17)18)8(16-9)11(12,13)14/h2-4H,1H3,(H,17,18). The topological polar surface area (TPSA) is 76.2 Å². The normalized spacial score (nSPS) is 11.6. The molecule has 5 nitrogen and oxygen atoms in total. The van der Waals surface area contributed by atoms with Crippen LogP contribution in [0.25, 0.3) is 11.4 Å². The molecule has 19 heavy (non-hydrogen) atoms. The molecule has 0 aliphatic carbocycles. The summed E-state index contributed by atoms with van der Waals surface area (Å²) >= 11 is 0.